The summed E-state index contributed by atoms with van der Waals surface area (Å²) in [4.78, 5) is 11.7. The number of hydrogen-bond acceptors (Lipinski definition) is 4. The van der Waals surface area contributed by atoms with Crippen molar-refractivity contribution in [2.24, 2.45) is 7.05 Å². The second-order valence-electron chi connectivity index (χ2n) is 4.13. The Morgan fingerprint density at radius 3 is 3.00 bits per heavy atom. The van der Waals surface area contributed by atoms with Gasteiger partial charge in [-0.2, -0.15) is 5.10 Å². The Labute approximate surface area is 105 Å². The van der Waals surface area contributed by atoms with Crippen LogP contribution in [0.25, 0.3) is 0 Å². The van der Waals surface area contributed by atoms with E-state index in [1.165, 1.54) is 0 Å². The summed E-state index contributed by atoms with van der Waals surface area (Å²) in [6.45, 7) is 2.98. The molecule has 0 aromatic carbocycles. The van der Waals surface area contributed by atoms with Gasteiger partial charge in [-0.25, -0.2) is 0 Å². The van der Waals surface area contributed by atoms with Gasteiger partial charge in [-0.1, -0.05) is 11.6 Å². The Kier molecular flexibility index (Phi) is 3.69. The third kappa shape index (κ3) is 2.79. The van der Waals surface area contributed by atoms with E-state index >= 15 is 0 Å². The quantitative estimate of drug-likeness (QED) is 0.766. The monoisotopic (exact) mass is 258 g/mol. The minimum atomic E-state index is -0.279. The molecule has 0 unspecified atom stereocenters. The van der Waals surface area contributed by atoms with Crippen LogP contribution in [0.5, 0.6) is 0 Å². The summed E-state index contributed by atoms with van der Waals surface area (Å²) in [6.07, 6.45) is 0.818. The van der Waals surface area contributed by atoms with Crippen LogP contribution in [0.1, 0.15) is 17.7 Å². The molecule has 0 radical (unpaired) electrons. The largest absolute Gasteiger partial charge is 0.460 e. The predicted octanol–water partition coefficient (Wildman–Crippen LogP) is 1.26. The molecule has 0 spiro atoms. The van der Waals surface area contributed by atoms with Crippen LogP contribution in [0.15, 0.2) is 0 Å². The normalized spacial score (nSPS) is 19.6. The van der Waals surface area contributed by atoms with Crippen molar-refractivity contribution in [3.8, 4) is 0 Å². The first kappa shape index (κ1) is 12.4. The fourth-order valence-corrected chi connectivity index (χ4v) is 2.09. The van der Waals surface area contributed by atoms with Crippen molar-refractivity contribution < 1.29 is 14.3 Å². The lowest BCUT2D eigenvalue weighted by atomic mass is 10.2. The molecule has 94 valence electrons. The van der Waals surface area contributed by atoms with Crippen LogP contribution in [0.2, 0.25) is 5.15 Å². The topological polar surface area (TPSA) is 53.4 Å². The zero-order valence-corrected chi connectivity index (χ0v) is 10.7. The van der Waals surface area contributed by atoms with Crippen LogP contribution >= 0.6 is 11.6 Å². The fraction of sp³-hybridized carbons (Fsp3) is 0.636. The van der Waals surface area contributed by atoms with Crippen LogP contribution < -0.4 is 0 Å². The molecule has 1 fully saturated rings. The van der Waals surface area contributed by atoms with E-state index in [4.69, 9.17) is 21.1 Å². The van der Waals surface area contributed by atoms with Crippen LogP contribution in [0.4, 0.5) is 0 Å². The van der Waals surface area contributed by atoms with Crippen molar-refractivity contribution >= 4 is 17.6 Å². The summed E-state index contributed by atoms with van der Waals surface area (Å²) in [5.41, 5.74) is 1.50. The lowest BCUT2D eigenvalue weighted by Crippen LogP contribution is -2.19. The molecule has 1 aromatic rings. The van der Waals surface area contributed by atoms with Crippen LogP contribution in [-0.2, 0) is 27.7 Å². The van der Waals surface area contributed by atoms with E-state index in [0.717, 1.165) is 17.7 Å². The third-order valence-electron chi connectivity index (χ3n) is 2.78. The van der Waals surface area contributed by atoms with Crippen molar-refractivity contribution in [2.75, 3.05) is 13.2 Å². The molecule has 0 aliphatic carbocycles. The Hall–Kier alpha value is -1.07. The van der Waals surface area contributed by atoms with Gasteiger partial charge < -0.3 is 9.47 Å². The molecule has 5 nitrogen and oxygen atoms in total. The first-order valence-electron chi connectivity index (χ1n) is 5.53. The molecular formula is C11H15ClN2O3. The molecule has 0 N–H and O–H groups in total. The molecule has 0 bridgehead atoms. The molecule has 1 atom stereocenters. The van der Waals surface area contributed by atoms with Crippen molar-refractivity contribution in [1.29, 1.82) is 0 Å². The molecular weight excluding hydrogens is 244 g/mol. The molecule has 1 aromatic heterocycles. The second-order valence-corrected chi connectivity index (χ2v) is 4.49. The standard InChI is InChI=1S/C11H15ClN2O3/c1-7-9(11(12)14(2)13-7)5-10(15)17-8-3-4-16-6-8/h8H,3-6H2,1-2H3/t8-/m0/s1. The molecule has 2 heterocycles. The predicted molar refractivity (Wildman–Crippen MR) is 62.0 cm³/mol. The van der Waals surface area contributed by atoms with Gasteiger partial charge in [0, 0.05) is 19.0 Å². The first-order valence-corrected chi connectivity index (χ1v) is 5.91. The summed E-state index contributed by atoms with van der Waals surface area (Å²) in [5, 5.41) is 4.64. The first-order chi connectivity index (χ1) is 8.08. The van der Waals surface area contributed by atoms with E-state index in [1.807, 2.05) is 6.92 Å². The molecule has 0 saturated carbocycles. The lowest BCUT2D eigenvalue weighted by Gasteiger charge is -2.09. The molecule has 17 heavy (non-hydrogen) atoms. The Morgan fingerprint density at radius 2 is 2.47 bits per heavy atom. The Balaban J connectivity index is 1.97. The van der Waals surface area contributed by atoms with Gasteiger partial charge in [-0.3, -0.25) is 9.48 Å². The summed E-state index contributed by atoms with van der Waals surface area (Å²) in [6, 6.07) is 0. The van der Waals surface area contributed by atoms with E-state index in [-0.39, 0.29) is 18.5 Å². The second kappa shape index (κ2) is 5.06. The van der Waals surface area contributed by atoms with Crippen molar-refractivity contribution in [1.82, 2.24) is 9.78 Å². The number of halogens is 1. The van der Waals surface area contributed by atoms with Crippen molar-refractivity contribution in [2.45, 2.75) is 25.9 Å². The molecule has 2 rings (SSSR count). The number of aromatic nitrogens is 2. The number of esters is 1. The molecule has 1 aliphatic rings. The van der Waals surface area contributed by atoms with E-state index in [9.17, 15) is 4.79 Å². The average molecular weight is 259 g/mol. The molecule has 1 aliphatic heterocycles. The number of carbonyl (C=O) groups excluding carboxylic acids is 1. The summed E-state index contributed by atoms with van der Waals surface area (Å²) < 4.78 is 12.0. The zero-order chi connectivity index (χ0) is 12.4. The minimum Gasteiger partial charge on any atom is -0.460 e. The third-order valence-corrected chi connectivity index (χ3v) is 3.25. The SMILES string of the molecule is Cc1nn(C)c(Cl)c1CC(=O)O[C@H]1CCOC1. The van der Waals surface area contributed by atoms with Gasteiger partial charge in [0.25, 0.3) is 0 Å². The number of hydrogen-bond donors (Lipinski definition) is 0. The maximum Gasteiger partial charge on any atom is 0.310 e. The maximum absolute atomic E-state index is 11.7. The zero-order valence-electron chi connectivity index (χ0n) is 9.90. The fourth-order valence-electron chi connectivity index (χ4n) is 1.85. The minimum absolute atomic E-state index is 0.113. The highest BCUT2D eigenvalue weighted by molar-refractivity contribution is 6.30. The van der Waals surface area contributed by atoms with E-state index in [1.54, 1.807) is 11.7 Å². The van der Waals surface area contributed by atoms with Crippen molar-refractivity contribution in [3.63, 3.8) is 0 Å². The highest BCUT2D eigenvalue weighted by Gasteiger charge is 2.22. The number of aryl methyl sites for hydroxylation is 2. The van der Waals surface area contributed by atoms with E-state index in [2.05, 4.69) is 5.10 Å². The smallest absolute Gasteiger partial charge is 0.310 e. The Morgan fingerprint density at radius 1 is 1.71 bits per heavy atom. The summed E-state index contributed by atoms with van der Waals surface area (Å²) in [5.74, 6) is -0.279. The highest BCUT2D eigenvalue weighted by Crippen LogP contribution is 2.20. The van der Waals surface area contributed by atoms with Crippen LogP contribution in [0, 0.1) is 6.92 Å². The summed E-state index contributed by atoms with van der Waals surface area (Å²) in [7, 11) is 1.75. The van der Waals surface area contributed by atoms with Gasteiger partial charge in [-0.05, 0) is 6.92 Å². The number of rotatable bonds is 3. The van der Waals surface area contributed by atoms with E-state index in [0.29, 0.717) is 18.4 Å². The maximum atomic E-state index is 11.7. The number of nitrogens with zero attached hydrogens (tertiary/aromatic N) is 2. The summed E-state index contributed by atoms with van der Waals surface area (Å²) >= 11 is 6.04. The molecule has 0 amide bonds. The van der Waals surface area contributed by atoms with Crippen LogP contribution in [0.3, 0.4) is 0 Å². The lowest BCUT2D eigenvalue weighted by molar-refractivity contribution is -0.148. The van der Waals surface area contributed by atoms with Gasteiger partial charge in [0.2, 0.25) is 0 Å². The van der Waals surface area contributed by atoms with Crippen molar-refractivity contribution in [3.05, 3.63) is 16.4 Å². The molecule has 1 saturated heterocycles. The average Bonchev–Trinajstić information content (AvgIpc) is 2.83. The molecule has 6 heteroatoms. The number of carbonyl (C=O) groups is 1. The Bertz CT molecular complexity index is 425. The van der Waals surface area contributed by atoms with Gasteiger partial charge in [0.05, 0.1) is 25.3 Å². The van der Waals surface area contributed by atoms with Gasteiger partial charge >= 0.3 is 5.97 Å². The van der Waals surface area contributed by atoms with E-state index < -0.39 is 0 Å². The van der Waals surface area contributed by atoms with Gasteiger partial charge in [-0.15, -0.1) is 0 Å². The van der Waals surface area contributed by atoms with Gasteiger partial charge in [0.1, 0.15) is 11.3 Å². The highest BCUT2D eigenvalue weighted by atomic mass is 35.5. The van der Waals surface area contributed by atoms with Crippen LogP contribution in [-0.4, -0.2) is 35.1 Å². The number of ether oxygens (including phenoxy) is 2. The van der Waals surface area contributed by atoms with Gasteiger partial charge in [0.15, 0.2) is 0 Å².